The molecule has 1 heterocycles. The van der Waals surface area contributed by atoms with Gasteiger partial charge >= 0.3 is 6.03 Å². The molecule has 1 aliphatic carbocycles. The molecule has 1 atom stereocenters. The van der Waals surface area contributed by atoms with Gasteiger partial charge in [0, 0.05) is 25.8 Å². The van der Waals surface area contributed by atoms with E-state index < -0.39 is 5.92 Å². The highest BCUT2D eigenvalue weighted by Crippen LogP contribution is 2.39. The predicted octanol–water partition coefficient (Wildman–Crippen LogP) is 2.99. The Morgan fingerprint density at radius 3 is 2.71 bits per heavy atom. The number of alkyl halides is 2. The molecule has 1 aromatic rings. The predicted molar refractivity (Wildman–Crippen MR) is 75.3 cm³/mol. The van der Waals surface area contributed by atoms with Crippen LogP contribution in [0, 0.1) is 5.92 Å². The van der Waals surface area contributed by atoms with E-state index in [1.165, 1.54) is 0 Å². The maximum atomic E-state index is 13.0. The molecule has 0 aromatic carbocycles. The normalized spacial score (nSPS) is 20.2. The third-order valence-corrected chi connectivity index (χ3v) is 3.62. The monoisotopic (exact) mass is 298 g/mol. The number of urea groups is 1. The number of anilines is 1. The zero-order valence-electron chi connectivity index (χ0n) is 12.0. The topological polar surface area (TPSA) is 66.9 Å². The highest BCUT2D eigenvalue weighted by molar-refractivity contribution is 5.88. The van der Waals surface area contributed by atoms with E-state index in [2.05, 4.69) is 20.6 Å². The van der Waals surface area contributed by atoms with Gasteiger partial charge in [-0.3, -0.25) is 0 Å². The van der Waals surface area contributed by atoms with Crippen molar-refractivity contribution >= 4 is 11.7 Å². The molecule has 2 rings (SSSR count). The quantitative estimate of drug-likeness (QED) is 0.878. The molecule has 1 unspecified atom stereocenters. The second-order valence-electron chi connectivity index (χ2n) is 5.38. The van der Waals surface area contributed by atoms with Gasteiger partial charge in [0.05, 0.1) is 18.1 Å². The van der Waals surface area contributed by atoms with Gasteiger partial charge in [0.15, 0.2) is 0 Å². The number of hydrogen-bond acceptors (Lipinski definition) is 3. The van der Waals surface area contributed by atoms with Crippen molar-refractivity contribution < 1.29 is 13.6 Å². The molecule has 0 spiro atoms. The molecule has 1 saturated carbocycles. The molecule has 0 aliphatic heterocycles. The Kier molecular flexibility index (Phi) is 5.03. The van der Waals surface area contributed by atoms with Crippen molar-refractivity contribution in [3.63, 3.8) is 0 Å². The van der Waals surface area contributed by atoms with E-state index in [0.29, 0.717) is 30.9 Å². The molecule has 0 radical (unpaired) electrons. The Morgan fingerprint density at radius 1 is 1.43 bits per heavy atom. The van der Waals surface area contributed by atoms with Crippen molar-refractivity contribution in [2.75, 3.05) is 11.9 Å². The zero-order chi connectivity index (χ0) is 15.3. The lowest BCUT2D eigenvalue weighted by molar-refractivity contribution is 0.00478. The van der Waals surface area contributed by atoms with Crippen molar-refractivity contribution in [1.29, 1.82) is 0 Å². The number of aryl methyl sites for hydroxylation is 1. The fourth-order valence-electron chi connectivity index (χ4n) is 2.46. The number of nitrogens with one attached hydrogen (secondary N) is 2. The molecule has 1 aliphatic rings. The highest BCUT2D eigenvalue weighted by Gasteiger charge is 2.38. The first-order chi connectivity index (χ1) is 9.98. The van der Waals surface area contributed by atoms with Gasteiger partial charge < -0.3 is 10.6 Å². The minimum atomic E-state index is -2.52. The fraction of sp³-hybridized carbons (Fsp3) is 0.643. The lowest BCUT2D eigenvalue weighted by Crippen LogP contribution is -2.30. The zero-order valence-corrected chi connectivity index (χ0v) is 12.0. The summed E-state index contributed by atoms with van der Waals surface area (Å²) in [5.74, 6) is -1.82. The van der Waals surface area contributed by atoms with Crippen LogP contribution in [0.2, 0.25) is 0 Å². The molecular formula is C14H20F2N4O. The summed E-state index contributed by atoms with van der Waals surface area (Å²) in [7, 11) is 0. The molecule has 1 fully saturated rings. The van der Waals surface area contributed by atoms with Crippen molar-refractivity contribution in [2.45, 2.75) is 45.0 Å². The van der Waals surface area contributed by atoms with E-state index in [4.69, 9.17) is 0 Å². The van der Waals surface area contributed by atoms with Gasteiger partial charge in [-0.05, 0) is 18.8 Å². The van der Waals surface area contributed by atoms with Crippen LogP contribution in [0.25, 0.3) is 0 Å². The Hall–Kier alpha value is -1.79. The van der Waals surface area contributed by atoms with Gasteiger partial charge in [-0.15, -0.1) is 0 Å². The molecule has 21 heavy (non-hydrogen) atoms. The van der Waals surface area contributed by atoms with E-state index in [-0.39, 0.29) is 24.8 Å². The molecule has 0 bridgehead atoms. The number of rotatable bonds is 5. The summed E-state index contributed by atoms with van der Waals surface area (Å²) in [6.45, 7) is 2.34. The first-order valence-electron chi connectivity index (χ1n) is 7.22. The number of halogens is 2. The van der Waals surface area contributed by atoms with Gasteiger partial charge in [0.25, 0.3) is 0 Å². The summed E-state index contributed by atoms with van der Waals surface area (Å²) >= 11 is 0. The van der Waals surface area contributed by atoms with Crippen LogP contribution in [-0.2, 0) is 6.42 Å². The van der Waals surface area contributed by atoms with Gasteiger partial charge in [0.2, 0.25) is 5.92 Å². The summed E-state index contributed by atoms with van der Waals surface area (Å²) in [5, 5.41) is 5.28. The molecule has 5 nitrogen and oxygen atoms in total. The molecule has 2 N–H and O–H groups in total. The second-order valence-corrected chi connectivity index (χ2v) is 5.38. The van der Waals surface area contributed by atoms with E-state index in [9.17, 15) is 13.6 Å². The average molecular weight is 298 g/mol. The average Bonchev–Trinajstić information content (AvgIpc) is 2.79. The standard InChI is InChI=1S/C14H20F2N4O/c1-2-12-18-8-11(9-19-12)20-13(21)17-6-4-10-3-5-14(15,16)7-10/h8-10H,2-7H2,1H3,(H2,17,20,21). The van der Waals surface area contributed by atoms with Crippen molar-refractivity contribution in [3.05, 3.63) is 18.2 Å². The Bertz CT molecular complexity index is 478. The third-order valence-electron chi connectivity index (χ3n) is 3.62. The van der Waals surface area contributed by atoms with Crippen LogP contribution in [0.3, 0.4) is 0 Å². The fourth-order valence-corrected chi connectivity index (χ4v) is 2.46. The van der Waals surface area contributed by atoms with Crippen molar-refractivity contribution in [3.8, 4) is 0 Å². The van der Waals surface area contributed by atoms with E-state index in [1.807, 2.05) is 6.92 Å². The Labute approximate surface area is 122 Å². The smallest absolute Gasteiger partial charge is 0.319 e. The van der Waals surface area contributed by atoms with Crippen LogP contribution in [-0.4, -0.2) is 28.5 Å². The number of carbonyl (C=O) groups excluding carboxylic acids is 1. The molecular weight excluding hydrogens is 278 g/mol. The van der Waals surface area contributed by atoms with Crippen LogP contribution in [0.5, 0.6) is 0 Å². The van der Waals surface area contributed by atoms with E-state index in [0.717, 1.165) is 6.42 Å². The van der Waals surface area contributed by atoms with Crippen molar-refractivity contribution in [1.82, 2.24) is 15.3 Å². The number of carbonyl (C=O) groups is 1. The lowest BCUT2D eigenvalue weighted by Gasteiger charge is -2.11. The summed E-state index contributed by atoms with van der Waals surface area (Å²) in [5.41, 5.74) is 0.511. The van der Waals surface area contributed by atoms with Gasteiger partial charge in [-0.2, -0.15) is 0 Å². The maximum absolute atomic E-state index is 13.0. The molecule has 116 valence electrons. The number of aromatic nitrogens is 2. The molecule has 7 heteroatoms. The lowest BCUT2D eigenvalue weighted by atomic mass is 10.0. The summed E-state index contributed by atoms with van der Waals surface area (Å²) in [6.07, 6.45) is 4.83. The number of amides is 2. The van der Waals surface area contributed by atoms with Crippen LogP contribution in [0.1, 0.15) is 38.4 Å². The van der Waals surface area contributed by atoms with Crippen LogP contribution >= 0.6 is 0 Å². The third kappa shape index (κ3) is 4.91. The second kappa shape index (κ2) is 6.78. The molecule has 2 amide bonds. The van der Waals surface area contributed by atoms with Gasteiger partial charge in [0.1, 0.15) is 5.82 Å². The van der Waals surface area contributed by atoms with Crippen LogP contribution in [0.4, 0.5) is 19.3 Å². The Morgan fingerprint density at radius 2 is 2.14 bits per heavy atom. The Balaban J connectivity index is 1.67. The van der Waals surface area contributed by atoms with Crippen LogP contribution in [0.15, 0.2) is 12.4 Å². The maximum Gasteiger partial charge on any atom is 0.319 e. The van der Waals surface area contributed by atoms with Crippen LogP contribution < -0.4 is 10.6 Å². The van der Waals surface area contributed by atoms with Gasteiger partial charge in [-0.25, -0.2) is 23.5 Å². The first kappa shape index (κ1) is 15.6. The SMILES string of the molecule is CCc1ncc(NC(=O)NCCC2CCC(F)(F)C2)cn1. The van der Waals surface area contributed by atoms with Crippen molar-refractivity contribution in [2.24, 2.45) is 5.92 Å². The number of hydrogen-bond donors (Lipinski definition) is 2. The number of nitrogens with zero attached hydrogens (tertiary/aromatic N) is 2. The largest absolute Gasteiger partial charge is 0.338 e. The molecule has 0 saturated heterocycles. The summed E-state index contributed by atoms with van der Waals surface area (Å²) in [4.78, 5) is 19.8. The van der Waals surface area contributed by atoms with E-state index in [1.54, 1.807) is 12.4 Å². The first-order valence-corrected chi connectivity index (χ1v) is 7.22. The minimum absolute atomic E-state index is 0.00697. The summed E-state index contributed by atoms with van der Waals surface area (Å²) in [6, 6.07) is -0.368. The van der Waals surface area contributed by atoms with Gasteiger partial charge in [-0.1, -0.05) is 6.92 Å². The summed E-state index contributed by atoms with van der Waals surface area (Å²) < 4.78 is 26.0. The minimum Gasteiger partial charge on any atom is -0.338 e. The molecule has 1 aromatic heterocycles. The highest BCUT2D eigenvalue weighted by atomic mass is 19.3. The van der Waals surface area contributed by atoms with E-state index >= 15 is 0 Å².